The summed E-state index contributed by atoms with van der Waals surface area (Å²) in [6.45, 7) is 8.33. The van der Waals surface area contributed by atoms with Crippen LogP contribution in [0.1, 0.15) is 46.5 Å². The minimum absolute atomic E-state index is 0. The maximum Gasteiger partial charge on any atom is 0 e. The van der Waals surface area contributed by atoms with Gasteiger partial charge in [0.05, 0.1) is 0 Å². The van der Waals surface area contributed by atoms with Crippen molar-refractivity contribution in [3.63, 3.8) is 0 Å². The van der Waals surface area contributed by atoms with Gasteiger partial charge in [0.15, 0.2) is 0 Å². The Balaban J connectivity index is -0.000000202. The number of amidine groups is 1. The summed E-state index contributed by atoms with van der Waals surface area (Å²) in [5.41, 5.74) is 0. The fourth-order valence-electron chi connectivity index (χ4n) is 0.913. The van der Waals surface area contributed by atoms with Crippen LogP contribution in [0, 0.1) is 14.9 Å². The monoisotopic (exact) mass is 244 g/mol. The molecule has 0 atom stereocenters. The van der Waals surface area contributed by atoms with E-state index in [1.54, 1.807) is 0 Å². The van der Waals surface area contributed by atoms with Crippen LogP contribution >= 0.6 is 0 Å². The van der Waals surface area contributed by atoms with Gasteiger partial charge in [-0.2, -0.15) is 0 Å². The van der Waals surface area contributed by atoms with Crippen LogP contribution in [-0.4, -0.2) is 18.9 Å². The quantitative estimate of drug-likeness (QED) is 0.379. The molecule has 0 saturated heterocycles. The summed E-state index contributed by atoms with van der Waals surface area (Å²) in [4.78, 5) is 4.42. The summed E-state index contributed by atoms with van der Waals surface area (Å²) in [6, 6.07) is 0. The van der Waals surface area contributed by atoms with E-state index in [0.717, 1.165) is 44.6 Å². The van der Waals surface area contributed by atoms with E-state index in [2.05, 4.69) is 31.1 Å². The van der Waals surface area contributed by atoms with Gasteiger partial charge in [0.25, 0.3) is 0 Å². The molecule has 0 spiro atoms. The largest absolute Gasteiger partial charge is 0.469 e. The Hall–Kier alpha value is 0.340. The topological polar surface area (TPSA) is 26.5 Å². The molecule has 0 rings (SSSR count). The Bertz CT molecular complexity index is 125. The molecule has 0 bridgehead atoms. The minimum atomic E-state index is 0. The third-order valence-corrected chi connectivity index (χ3v) is 1.51. The molecule has 0 aliphatic carbocycles. The van der Waals surface area contributed by atoms with E-state index in [9.17, 15) is 0 Å². The molecule has 0 aromatic rings. The zero-order valence-corrected chi connectivity index (χ0v) is 13.0. The van der Waals surface area contributed by atoms with Gasteiger partial charge in [0.1, 0.15) is 0 Å². The van der Waals surface area contributed by atoms with Crippen molar-refractivity contribution < 1.29 is 25.8 Å². The molecule has 0 saturated carbocycles. The molecule has 2 nitrogen and oxygen atoms in total. The van der Waals surface area contributed by atoms with E-state index in [1.807, 2.05) is 0 Å². The molecule has 0 heterocycles. The Labute approximate surface area is 116 Å². The van der Waals surface area contributed by atoms with Gasteiger partial charge in [-0.15, -0.1) is 0 Å². The van der Waals surface area contributed by atoms with E-state index >= 15 is 0 Å². The van der Waals surface area contributed by atoms with Gasteiger partial charge in [-0.3, -0.25) is 0 Å². The average molecular weight is 244 g/mol. The smallest absolute Gasteiger partial charge is 0 e. The first-order valence-corrected chi connectivity index (χ1v) is 5.05. The predicted molar refractivity (Wildman–Crippen MR) is 68.8 cm³/mol. The van der Waals surface area contributed by atoms with E-state index < -0.39 is 0 Å². The second kappa shape index (κ2) is 19.8. The molecule has 0 fully saturated rings. The van der Waals surface area contributed by atoms with Crippen molar-refractivity contribution in [3.8, 4) is 0 Å². The van der Waals surface area contributed by atoms with Gasteiger partial charge < -0.3 is 25.2 Å². The minimum Gasteiger partial charge on any atom is -0.469 e. The van der Waals surface area contributed by atoms with Crippen LogP contribution in [0.2, 0.25) is 0 Å². The summed E-state index contributed by atoms with van der Waals surface area (Å²) in [5.74, 6) is 1.07. The summed E-state index contributed by atoms with van der Waals surface area (Å²) >= 11 is 0. The van der Waals surface area contributed by atoms with Crippen LogP contribution in [0.15, 0.2) is 4.99 Å². The predicted octanol–water partition coefficient (Wildman–Crippen LogP) is 4.28. The van der Waals surface area contributed by atoms with Gasteiger partial charge in [-0.05, 0) is 6.42 Å². The maximum atomic E-state index is 4.42. The van der Waals surface area contributed by atoms with Crippen molar-refractivity contribution >= 4 is 5.84 Å². The van der Waals surface area contributed by atoms with Crippen molar-refractivity contribution in [2.75, 3.05) is 13.1 Å². The van der Waals surface area contributed by atoms with Crippen molar-refractivity contribution in [1.82, 2.24) is 0 Å². The molecule has 15 heavy (non-hydrogen) atoms. The number of hydrogen-bond donors (Lipinski definition) is 0. The first-order valence-electron chi connectivity index (χ1n) is 5.05. The molecule has 91 valence electrons. The molecule has 0 amide bonds. The van der Waals surface area contributed by atoms with E-state index in [4.69, 9.17) is 0 Å². The molecule has 1 radical (unpaired) electrons. The first-order chi connectivity index (χ1) is 5.85. The van der Waals surface area contributed by atoms with Crippen LogP contribution in [0.5, 0.6) is 0 Å². The molecule has 0 aromatic carbocycles. The number of hydrogen-bond acceptors (Lipinski definition) is 1. The van der Waals surface area contributed by atoms with Gasteiger partial charge in [0, 0.05) is 25.8 Å². The van der Waals surface area contributed by atoms with Crippen molar-refractivity contribution in [3.05, 3.63) is 20.2 Å². The zero-order valence-electron chi connectivity index (χ0n) is 11.2. The normalized spacial score (nSPS) is 9.40. The standard InChI is InChI=1S/C10H21N2.2CH3.Sc/c1-4-7-10(11-8-5-2)12-9-6-3;;;/h4-9H2,1-3H3;2*1H3;/q3*-1;. The SMILES string of the molecule is CCCN=C(CCC)[N-]CCC.[CH3-].[CH3-].[Sc]. The van der Waals surface area contributed by atoms with Gasteiger partial charge in [-0.1, -0.05) is 59.0 Å². The van der Waals surface area contributed by atoms with Crippen LogP contribution in [-0.2, 0) is 25.8 Å². The summed E-state index contributed by atoms with van der Waals surface area (Å²) < 4.78 is 0. The summed E-state index contributed by atoms with van der Waals surface area (Å²) in [6.07, 6.45) is 4.43. The molecule has 0 aliphatic heterocycles. The van der Waals surface area contributed by atoms with E-state index in [-0.39, 0.29) is 40.7 Å². The third-order valence-electron chi connectivity index (χ3n) is 1.51. The van der Waals surface area contributed by atoms with Crippen LogP contribution in [0.25, 0.3) is 5.32 Å². The Kier molecular flexibility index (Phi) is 32.5. The summed E-state index contributed by atoms with van der Waals surface area (Å²) in [5, 5.41) is 4.42. The maximum absolute atomic E-state index is 4.42. The molecular formula is C12H27N2Sc-3. The molecule has 0 aromatic heterocycles. The van der Waals surface area contributed by atoms with Gasteiger partial charge in [0.2, 0.25) is 0 Å². The second-order valence-corrected chi connectivity index (χ2v) is 2.93. The number of nitrogens with zero attached hydrogens (tertiary/aromatic N) is 2. The molecular weight excluding hydrogens is 217 g/mol. The van der Waals surface area contributed by atoms with E-state index in [1.165, 1.54) is 0 Å². The second-order valence-electron chi connectivity index (χ2n) is 2.93. The van der Waals surface area contributed by atoms with Crippen molar-refractivity contribution in [2.24, 2.45) is 4.99 Å². The van der Waals surface area contributed by atoms with E-state index in [0.29, 0.717) is 0 Å². The zero-order chi connectivity index (χ0) is 9.23. The third kappa shape index (κ3) is 17.0. The van der Waals surface area contributed by atoms with Gasteiger partial charge >= 0.3 is 0 Å². The van der Waals surface area contributed by atoms with Crippen LogP contribution < -0.4 is 0 Å². The fraction of sp³-hybridized carbons (Fsp3) is 0.750. The molecule has 0 N–H and O–H groups in total. The number of rotatable bonds is 6. The molecule has 0 aliphatic rings. The van der Waals surface area contributed by atoms with Crippen molar-refractivity contribution in [2.45, 2.75) is 46.5 Å². The van der Waals surface area contributed by atoms with Crippen molar-refractivity contribution in [1.29, 1.82) is 0 Å². The fourth-order valence-corrected chi connectivity index (χ4v) is 0.913. The van der Waals surface area contributed by atoms with Gasteiger partial charge in [-0.25, -0.2) is 0 Å². The van der Waals surface area contributed by atoms with Crippen LogP contribution in [0.4, 0.5) is 0 Å². The molecule has 3 heteroatoms. The summed E-state index contributed by atoms with van der Waals surface area (Å²) in [7, 11) is 0. The number of aliphatic imine (C=N–C) groups is 1. The average Bonchev–Trinajstić information content (AvgIpc) is 2.10. The Morgan fingerprint density at radius 3 is 2.00 bits per heavy atom. The van der Waals surface area contributed by atoms with Crippen LogP contribution in [0.3, 0.4) is 0 Å². The first kappa shape index (κ1) is 24.5. The Morgan fingerprint density at radius 2 is 1.60 bits per heavy atom. The molecule has 0 unspecified atom stereocenters. The Morgan fingerprint density at radius 1 is 1.00 bits per heavy atom.